The van der Waals surface area contributed by atoms with Crippen LogP contribution in [0.4, 0.5) is 8.78 Å². The lowest BCUT2D eigenvalue weighted by atomic mass is 9.88. The van der Waals surface area contributed by atoms with Gasteiger partial charge in [0, 0.05) is 37.8 Å². The van der Waals surface area contributed by atoms with Crippen LogP contribution in [0, 0.1) is 17.6 Å². The van der Waals surface area contributed by atoms with Crippen molar-refractivity contribution < 1.29 is 8.78 Å². The fraction of sp³-hybridized carbons (Fsp3) is 0.625. The molecule has 0 aliphatic carbocycles. The minimum absolute atomic E-state index is 0.0681. The lowest BCUT2D eigenvalue weighted by molar-refractivity contribution is 0.123. The molecule has 0 aromatic heterocycles. The highest BCUT2D eigenvalue weighted by Crippen LogP contribution is 2.38. The van der Waals surface area contributed by atoms with Crippen molar-refractivity contribution in [1.29, 1.82) is 0 Å². The van der Waals surface area contributed by atoms with Crippen LogP contribution in [0.25, 0.3) is 0 Å². The van der Waals surface area contributed by atoms with E-state index in [1.165, 1.54) is 6.07 Å². The van der Waals surface area contributed by atoms with Crippen molar-refractivity contribution in [2.75, 3.05) is 26.2 Å². The molecule has 2 rings (SSSR count). The fourth-order valence-electron chi connectivity index (χ4n) is 3.21. The quantitative estimate of drug-likeness (QED) is 0.826. The summed E-state index contributed by atoms with van der Waals surface area (Å²) >= 11 is 6.10. The van der Waals surface area contributed by atoms with Gasteiger partial charge in [0.1, 0.15) is 11.6 Å². The maximum Gasteiger partial charge on any atom is 0.142 e. The maximum atomic E-state index is 14.3. The zero-order valence-corrected chi connectivity index (χ0v) is 13.4. The summed E-state index contributed by atoms with van der Waals surface area (Å²) in [4.78, 5) is 2.22. The second-order valence-corrected chi connectivity index (χ2v) is 6.13. The monoisotopic (exact) mass is 316 g/mol. The van der Waals surface area contributed by atoms with Gasteiger partial charge >= 0.3 is 0 Å². The summed E-state index contributed by atoms with van der Waals surface area (Å²) in [5.41, 5.74) is 0.319. The van der Waals surface area contributed by atoms with Gasteiger partial charge < -0.3 is 5.32 Å². The number of nitrogens with zero attached hydrogens (tertiary/aromatic N) is 1. The van der Waals surface area contributed by atoms with Gasteiger partial charge in [-0.3, -0.25) is 4.90 Å². The van der Waals surface area contributed by atoms with E-state index in [1.807, 2.05) is 0 Å². The van der Waals surface area contributed by atoms with Gasteiger partial charge in [0.05, 0.1) is 5.02 Å². The molecule has 2 atom stereocenters. The Kier molecular flexibility index (Phi) is 5.97. The van der Waals surface area contributed by atoms with Crippen LogP contribution in [0.1, 0.15) is 38.3 Å². The summed E-state index contributed by atoms with van der Waals surface area (Å²) in [6, 6.07) is 2.11. The molecule has 1 aliphatic heterocycles. The van der Waals surface area contributed by atoms with Gasteiger partial charge in [-0.1, -0.05) is 31.9 Å². The molecule has 2 nitrogen and oxygen atoms in total. The number of hydrogen-bond acceptors (Lipinski definition) is 2. The second kappa shape index (κ2) is 7.52. The first-order valence-corrected chi connectivity index (χ1v) is 8.02. The highest BCUT2D eigenvalue weighted by Gasteiger charge is 2.31. The van der Waals surface area contributed by atoms with Gasteiger partial charge in [-0.05, 0) is 24.5 Å². The Bertz CT molecular complexity index is 476. The van der Waals surface area contributed by atoms with Gasteiger partial charge in [0.15, 0.2) is 0 Å². The second-order valence-electron chi connectivity index (χ2n) is 5.75. The maximum absolute atomic E-state index is 14.3. The van der Waals surface area contributed by atoms with E-state index in [4.69, 9.17) is 11.6 Å². The van der Waals surface area contributed by atoms with Crippen LogP contribution in [-0.4, -0.2) is 31.1 Å². The average molecular weight is 317 g/mol. The van der Waals surface area contributed by atoms with E-state index in [0.717, 1.165) is 45.1 Å². The summed E-state index contributed by atoms with van der Waals surface area (Å²) in [5.74, 6) is -0.730. The molecular weight excluding hydrogens is 294 g/mol. The largest absolute Gasteiger partial charge is 0.314 e. The zero-order valence-electron chi connectivity index (χ0n) is 12.6. The van der Waals surface area contributed by atoms with Crippen LogP contribution in [0.3, 0.4) is 0 Å². The molecule has 1 fully saturated rings. The molecule has 0 bridgehead atoms. The van der Waals surface area contributed by atoms with Crippen LogP contribution in [0.5, 0.6) is 0 Å². The summed E-state index contributed by atoms with van der Waals surface area (Å²) in [5, 5.41) is 3.22. The Morgan fingerprint density at radius 1 is 1.24 bits per heavy atom. The molecule has 21 heavy (non-hydrogen) atoms. The first-order chi connectivity index (χ1) is 10.1. The Morgan fingerprint density at radius 3 is 2.48 bits per heavy atom. The topological polar surface area (TPSA) is 15.3 Å². The average Bonchev–Trinajstić information content (AvgIpc) is 2.48. The highest BCUT2D eigenvalue weighted by atomic mass is 35.5. The summed E-state index contributed by atoms with van der Waals surface area (Å²) in [6.07, 6.45) is 1.97. The molecule has 0 saturated carbocycles. The molecule has 1 N–H and O–H groups in total. The molecule has 1 saturated heterocycles. The first kappa shape index (κ1) is 16.7. The van der Waals surface area contributed by atoms with E-state index in [0.29, 0.717) is 5.56 Å². The Hall–Kier alpha value is -0.710. The number of piperazine rings is 1. The van der Waals surface area contributed by atoms with Crippen LogP contribution in [0.2, 0.25) is 5.02 Å². The van der Waals surface area contributed by atoms with Crippen molar-refractivity contribution in [2.45, 2.75) is 32.7 Å². The van der Waals surface area contributed by atoms with Gasteiger partial charge in [-0.15, -0.1) is 0 Å². The molecule has 0 spiro atoms. The van der Waals surface area contributed by atoms with Crippen molar-refractivity contribution in [2.24, 2.45) is 5.92 Å². The van der Waals surface area contributed by atoms with Crippen LogP contribution in [-0.2, 0) is 0 Å². The molecule has 118 valence electrons. The molecule has 0 radical (unpaired) electrons. The first-order valence-electron chi connectivity index (χ1n) is 7.64. The van der Waals surface area contributed by atoms with Crippen LogP contribution in [0.15, 0.2) is 12.1 Å². The standard InChI is InChI=1S/C16H23ClF2N2/c1-3-4-11(2)16(21-9-7-20-8-10-21)14-12(18)5-6-13(19)15(14)17/h5-6,11,16,20H,3-4,7-10H2,1-2H3/t11?,16-/m0/s1. The van der Waals surface area contributed by atoms with Crippen LogP contribution < -0.4 is 5.32 Å². The van der Waals surface area contributed by atoms with Gasteiger partial charge in [-0.2, -0.15) is 0 Å². The molecule has 5 heteroatoms. The third-order valence-electron chi connectivity index (χ3n) is 4.20. The SMILES string of the molecule is CCCC(C)[C@@H](c1c(F)ccc(F)c1Cl)N1CCNCC1. The summed E-state index contributed by atoms with van der Waals surface area (Å²) < 4.78 is 28.1. The van der Waals surface area contributed by atoms with E-state index in [1.54, 1.807) is 0 Å². The van der Waals surface area contributed by atoms with E-state index < -0.39 is 11.6 Å². The zero-order chi connectivity index (χ0) is 15.4. The van der Waals surface area contributed by atoms with E-state index in [-0.39, 0.29) is 17.0 Å². The van der Waals surface area contributed by atoms with Crippen molar-refractivity contribution in [3.05, 3.63) is 34.4 Å². The third kappa shape index (κ3) is 3.74. The predicted molar refractivity (Wildman–Crippen MR) is 82.6 cm³/mol. The summed E-state index contributed by atoms with van der Waals surface area (Å²) in [7, 11) is 0. The Balaban J connectivity index is 2.41. The van der Waals surface area contributed by atoms with Crippen LogP contribution >= 0.6 is 11.6 Å². The molecule has 1 aromatic carbocycles. The van der Waals surface area contributed by atoms with E-state index in [2.05, 4.69) is 24.1 Å². The molecule has 0 amide bonds. The lowest BCUT2D eigenvalue weighted by Crippen LogP contribution is -2.47. The minimum atomic E-state index is -0.545. The normalized spacial score (nSPS) is 19.5. The van der Waals surface area contributed by atoms with Gasteiger partial charge in [0.25, 0.3) is 0 Å². The third-order valence-corrected chi connectivity index (χ3v) is 4.59. The highest BCUT2D eigenvalue weighted by molar-refractivity contribution is 6.31. The number of rotatable bonds is 5. The smallest absolute Gasteiger partial charge is 0.142 e. The number of nitrogens with one attached hydrogen (secondary N) is 1. The number of hydrogen-bond donors (Lipinski definition) is 1. The van der Waals surface area contributed by atoms with Gasteiger partial charge in [0.2, 0.25) is 0 Å². The van der Waals surface area contributed by atoms with E-state index in [9.17, 15) is 8.78 Å². The predicted octanol–water partition coefficient (Wildman–Crippen LogP) is 4.00. The Labute approximate surface area is 130 Å². The molecular formula is C16H23ClF2N2. The summed E-state index contributed by atoms with van der Waals surface area (Å²) in [6.45, 7) is 7.58. The fourth-order valence-corrected chi connectivity index (χ4v) is 3.48. The lowest BCUT2D eigenvalue weighted by Gasteiger charge is -2.39. The molecule has 1 heterocycles. The van der Waals surface area contributed by atoms with Crippen molar-refractivity contribution in [3.63, 3.8) is 0 Å². The Morgan fingerprint density at radius 2 is 1.86 bits per heavy atom. The van der Waals surface area contributed by atoms with E-state index >= 15 is 0 Å². The van der Waals surface area contributed by atoms with Crippen molar-refractivity contribution in [1.82, 2.24) is 10.2 Å². The van der Waals surface area contributed by atoms with Crippen molar-refractivity contribution >= 4 is 11.6 Å². The van der Waals surface area contributed by atoms with Crippen molar-refractivity contribution in [3.8, 4) is 0 Å². The van der Waals surface area contributed by atoms with Gasteiger partial charge in [-0.25, -0.2) is 8.78 Å². The number of halogens is 3. The molecule has 1 unspecified atom stereocenters. The molecule has 1 aromatic rings. The molecule has 1 aliphatic rings. The number of benzene rings is 1. The minimum Gasteiger partial charge on any atom is -0.314 e.